The first-order valence-electron chi connectivity index (χ1n) is 10.8. The van der Waals surface area contributed by atoms with Crippen LogP contribution in [0, 0.1) is 33.1 Å². The zero-order chi connectivity index (χ0) is 24.4. The van der Waals surface area contributed by atoms with E-state index >= 15 is 0 Å². The topological polar surface area (TPSA) is 98.0 Å². The van der Waals surface area contributed by atoms with Crippen LogP contribution in [0.5, 0.6) is 0 Å². The van der Waals surface area contributed by atoms with Crippen molar-refractivity contribution >= 4 is 0 Å². The van der Waals surface area contributed by atoms with Gasteiger partial charge in [0.15, 0.2) is 0 Å². The Morgan fingerprint density at radius 3 is 0.966 bits per heavy atom. The van der Waals surface area contributed by atoms with Gasteiger partial charge in [0.25, 0.3) is 0 Å². The van der Waals surface area contributed by atoms with E-state index in [0.29, 0.717) is 0 Å². The fourth-order valence-electron chi connectivity index (χ4n) is 1.81. The minimum atomic E-state index is 0.0833. The summed E-state index contributed by atoms with van der Waals surface area (Å²) in [6, 6.07) is 0. The minimum absolute atomic E-state index is 0.0833. The van der Waals surface area contributed by atoms with Gasteiger partial charge in [-0.3, -0.25) is 26.4 Å². The van der Waals surface area contributed by atoms with E-state index in [0.717, 1.165) is 46.1 Å². The van der Waals surface area contributed by atoms with Crippen molar-refractivity contribution < 1.29 is 44.8 Å². The van der Waals surface area contributed by atoms with Crippen LogP contribution in [0.25, 0.3) is 0 Å². The predicted octanol–water partition coefficient (Wildman–Crippen LogP) is 8.74. The Labute approximate surface area is 195 Å². The molecule has 0 radical (unpaired) electrons. The summed E-state index contributed by atoms with van der Waals surface area (Å²) in [5.74, 6) is 0. The SMILES string of the molecule is OO.OO.[CH2-]C([CH2-])(CC)CC.[CH2-]CCCCCCC.[CH2-]CCCCCCC.[O]=[Ti]. The molecule has 0 fully saturated rings. The van der Waals surface area contributed by atoms with Crippen molar-refractivity contribution in [3.8, 4) is 0 Å². The zero-order valence-electron chi connectivity index (χ0n) is 19.9. The molecule has 5 nitrogen and oxygen atoms in total. The number of rotatable bonds is 12. The van der Waals surface area contributed by atoms with Gasteiger partial charge >= 0.3 is 23.7 Å². The summed E-state index contributed by atoms with van der Waals surface area (Å²) in [6.45, 7) is 24.1. The Morgan fingerprint density at radius 1 is 0.586 bits per heavy atom. The molecule has 0 amide bonds. The number of hydrogen-bond acceptors (Lipinski definition) is 5. The van der Waals surface area contributed by atoms with E-state index in [-0.39, 0.29) is 5.41 Å². The second-order valence-electron chi connectivity index (χ2n) is 6.74. The second kappa shape index (κ2) is 51.2. The second-order valence-corrected chi connectivity index (χ2v) is 6.74. The summed E-state index contributed by atoms with van der Waals surface area (Å²) in [4.78, 5) is 0. The van der Waals surface area contributed by atoms with Gasteiger partial charge in [0.05, 0.1) is 0 Å². The summed E-state index contributed by atoms with van der Waals surface area (Å²) in [5, 5.41) is 24.0. The zero-order valence-corrected chi connectivity index (χ0v) is 21.5. The van der Waals surface area contributed by atoms with Gasteiger partial charge < -0.3 is 27.7 Å². The third-order valence-corrected chi connectivity index (χ3v) is 4.21. The van der Waals surface area contributed by atoms with Crippen molar-refractivity contribution in [2.24, 2.45) is 5.41 Å². The maximum atomic E-state index is 8.25. The number of hydrogen-bond donors (Lipinski definition) is 4. The summed E-state index contributed by atoms with van der Waals surface area (Å²) < 4.78 is 8.25. The summed E-state index contributed by atoms with van der Waals surface area (Å²) in [6.07, 6.45) is 18.1. The molecule has 0 bridgehead atoms. The quantitative estimate of drug-likeness (QED) is 0.0773. The van der Waals surface area contributed by atoms with E-state index in [1.165, 1.54) is 64.2 Å². The van der Waals surface area contributed by atoms with Crippen molar-refractivity contribution in [3.05, 3.63) is 27.7 Å². The van der Waals surface area contributed by atoms with Gasteiger partial charge in [-0.2, -0.15) is 12.8 Å². The Balaban J connectivity index is -0.0000000604. The average molecular weight is 457 g/mol. The van der Waals surface area contributed by atoms with Crippen LogP contribution < -0.4 is 0 Å². The van der Waals surface area contributed by atoms with Crippen LogP contribution in [-0.4, -0.2) is 21.0 Å². The molecule has 6 heteroatoms. The van der Waals surface area contributed by atoms with E-state index in [1.54, 1.807) is 0 Å². The molecule has 0 saturated heterocycles. The molecule has 0 atom stereocenters. The molecule has 0 unspecified atom stereocenters. The Morgan fingerprint density at radius 2 is 0.828 bits per heavy atom. The molecular weight excluding hydrogens is 404 g/mol. The van der Waals surface area contributed by atoms with Crippen LogP contribution in [0.2, 0.25) is 0 Å². The molecule has 0 saturated carbocycles. The molecule has 0 aromatic heterocycles. The summed E-state index contributed by atoms with van der Waals surface area (Å²) in [5.41, 5.74) is 0.0833. The monoisotopic (exact) mass is 456 g/mol. The van der Waals surface area contributed by atoms with E-state index in [4.69, 9.17) is 24.4 Å². The van der Waals surface area contributed by atoms with Crippen LogP contribution in [0.4, 0.5) is 0 Å². The van der Waals surface area contributed by atoms with E-state index in [2.05, 4.69) is 55.4 Å². The van der Waals surface area contributed by atoms with Crippen LogP contribution in [0.15, 0.2) is 0 Å². The van der Waals surface area contributed by atoms with Crippen molar-refractivity contribution in [3.63, 3.8) is 0 Å². The van der Waals surface area contributed by atoms with Gasteiger partial charge in [-0.15, -0.1) is 12.8 Å². The molecule has 0 spiro atoms. The molecule has 0 aliphatic rings. The van der Waals surface area contributed by atoms with Gasteiger partial charge in [-0.1, -0.05) is 91.9 Å². The van der Waals surface area contributed by atoms with Crippen molar-refractivity contribution in [1.29, 1.82) is 0 Å². The average Bonchev–Trinajstić information content (AvgIpc) is 2.79. The maximum absolute atomic E-state index is 8.25. The molecule has 0 rings (SSSR count). The molecule has 182 valence electrons. The first-order valence-corrected chi connectivity index (χ1v) is 11.5. The molecule has 0 aromatic rings. The Hall–Kier alpha value is 0.354. The molecule has 0 aromatic carbocycles. The van der Waals surface area contributed by atoms with Crippen LogP contribution >= 0.6 is 0 Å². The fourth-order valence-corrected chi connectivity index (χ4v) is 1.81. The third-order valence-electron chi connectivity index (χ3n) is 4.21. The van der Waals surface area contributed by atoms with Gasteiger partial charge in [-0.25, -0.2) is 0 Å². The van der Waals surface area contributed by atoms with E-state index < -0.39 is 0 Å². The molecule has 0 aliphatic carbocycles. The van der Waals surface area contributed by atoms with Gasteiger partial charge in [0.2, 0.25) is 0 Å². The summed E-state index contributed by atoms with van der Waals surface area (Å²) >= 11 is 0.750. The van der Waals surface area contributed by atoms with Gasteiger partial charge in [-0.05, 0) is 0 Å². The first kappa shape index (κ1) is 43.3. The van der Waals surface area contributed by atoms with Crippen molar-refractivity contribution in [1.82, 2.24) is 0 Å². The van der Waals surface area contributed by atoms with Crippen molar-refractivity contribution in [2.45, 2.75) is 118 Å². The van der Waals surface area contributed by atoms with Gasteiger partial charge in [0.1, 0.15) is 0 Å². The fraction of sp³-hybridized carbons (Fsp3) is 0.826. The molecule has 0 heterocycles. The van der Waals surface area contributed by atoms with E-state index in [9.17, 15) is 0 Å². The Kier molecular flexibility index (Phi) is 76.4. The molecule has 4 N–H and O–H groups in total. The van der Waals surface area contributed by atoms with Crippen LogP contribution in [0.3, 0.4) is 0 Å². The normalized spacial score (nSPS) is 8.79. The molecule has 29 heavy (non-hydrogen) atoms. The first-order chi connectivity index (χ1) is 13.9. The Bertz CT molecular complexity index is 176. The predicted molar refractivity (Wildman–Crippen MR) is 122 cm³/mol. The molecular formula is C23H52O5Ti-4. The van der Waals surface area contributed by atoms with E-state index in [1.807, 2.05) is 0 Å². The number of unbranched alkanes of at least 4 members (excludes halogenated alkanes) is 10. The molecule has 0 aliphatic heterocycles. The summed E-state index contributed by atoms with van der Waals surface area (Å²) in [7, 11) is 0. The van der Waals surface area contributed by atoms with Gasteiger partial charge in [0, 0.05) is 0 Å². The van der Waals surface area contributed by atoms with Crippen molar-refractivity contribution in [2.75, 3.05) is 0 Å². The van der Waals surface area contributed by atoms with Crippen LogP contribution in [0.1, 0.15) is 118 Å². The van der Waals surface area contributed by atoms with Crippen LogP contribution in [-0.2, 0) is 23.7 Å². The standard InChI is InChI=1S/2C8H17.C7H14.2H2O2.O.Ti/c2*1-3-5-7-8-6-4-2;1-5-7(3,4)6-2;2*1-2;;/h2*1,3-8H2,2H3;3-6H2,1-2H3;2*1-2H;;/q2*-1;-2;;;;. The third kappa shape index (κ3) is 73.6.